The number of nitro groups is 1. The monoisotopic (exact) mass is 356 g/mol. The van der Waals surface area contributed by atoms with E-state index < -0.39 is 16.7 Å². The Labute approximate surface area is 148 Å². The normalized spacial score (nSPS) is 10.3. The molecule has 0 atom stereocenters. The van der Waals surface area contributed by atoms with E-state index in [1.165, 1.54) is 30.5 Å². The molecular formula is C17H16N4O5. The largest absolute Gasteiger partial charge is 0.494 e. The molecule has 2 aromatic carbocycles. The van der Waals surface area contributed by atoms with Gasteiger partial charge in [0.05, 0.1) is 17.7 Å². The lowest BCUT2D eigenvalue weighted by atomic mass is 10.2. The van der Waals surface area contributed by atoms with Crippen molar-refractivity contribution in [3.05, 3.63) is 64.2 Å². The van der Waals surface area contributed by atoms with E-state index in [1.54, 1.807) is 24.3 Å². The summed E-state index contributed by atoms with van der Waals surface area (Å²) in [6, 6.07) is 12.1. The molecule has 0 heterocycles. The Morgan fingerprint density at radius 2 is 1.77 bits per heavy atom. The van der Waals surface area contributed by atoms with Crippen molar-refractivity contribution in [3.8, 4) is 5.75 Å². The Balaban J connectivity index is 1.86. The standard InChI is InChI=1S/C17H16N4O5/c1-2-26-15-9-5-13(6-10-15)19-16(22)17(23)20-18-11-12-3-7-14(8-4-12)21(24)25/h3-11H,2H2,1H3,(H,19,22)(H,20,23). The highest BCUT2D eigenvalue weighted by molar-refractivity contribution is 6.39. The molecule has 0 saturated heterocycles. The van der Waals surface area contributed by atoms with Gasteiger partial charge in [0.1, 0.15) is 5.75 Å². The fourth-order valence-electron chi connectivity index (χ4n) is 1.89. The van der Waals surface area contributed by atoms with Crippen LogP contribution in [0.1, 0.15) is 12.5 Å². The number of ether oxygens (including phenoxy) is 1. The fourth-order valence-corrected chi connectivity index (χ4v) is 1.89. The van der Waals surface area contributed by atoms with Gasteiger partial charge in [0.15, 0.2) is 0 Å². The maximum atomic E-state index is 11.8. The first-order valence-electron chi connectivity index (χ1n) is 7.61. The maximum absolute atomic E-state index is 11.8. The summed E-state index contributed by atoms with van der Waals surface area (Å²) in [5.41, 5.74) is 2.99. The van der Waals surface area contributed by atoms with Gasteiger partial charge < -0.3 is 10.1 Å². The van der Waals surface area contributed by atoms with Crippen molar-refractivity contribution >= 4 is 29.4 Å². The van der Waals surface area contributed by atoms with Crippen molar-refractivity contribution < 1.29 is 19.2 Å². The highest BCUT2D eigenvalue weighted by atomic mass is 16.6. The van der Waals surface area contributed by atoms with Gasteiger partial charge in [-0.15, -0.1) is 0 Å². The number of carbonyl (C=O) groups excluding carboxylic acids is 2. The Morgan fingerprint density at radius 3 is 2.35 bits per heavy atom. The van der Waals surface area contributed by atoms with Crippen LogP contribution < -0.4 is 15.5 Å². The highest BCUT2D eigenvalue weighted by Crippen LogP contribution is 2.15. The number of non-ortho nitro benzene ring substituents is 1. The average molecular weight is 356 g/mol. The summed E-state index contributed by atoms with van der Waals surface area (Å²) < 4.78 is 5.28. The number of nitrogens with zero attached hydrogens (tertiary/aromatic N) is 2. The van der Waals surface area contributed by atoms with Gasteiger partial charge in [-0.25, -0.2) is 5.43 Å². The first-order chi connectivity index (χ1) is 12.5. The molecule has 0 saturated carbocycles. The Morgan fingerprint density at radius 1 is 1.12 bits per heavy atom. The minimum absolute atomic E-state index is 0.0547. The predicted molar refractivity (Wildman–Crippen MR) is 95.1 cm³/mol. The number of benzene rings is 2. The van der Waals surface area contributed by atoms with Gasteiger partial charge in [0.2, 0.25) is 0 Å². The zero-order valence-electron chi connectivity index (χ0n) is 13.8. The fraction of sp³-hybridized carbons (Fsp3) is 0.118. The third kappa shape index (κ3) is 5.41. The third-order valence-corrected chi connectivity index (χ3v) is 3.11. The van der Waals surface area contributed by atoms with Crippen LogP contribution in [0.4, 0.5) is 11.4 Å². The van der Waals surface area contributed by atoms with E-state index in [0.29, 0.717) is 23.6 Å². The molecule has 0 aliphatic heterocycles. The van der Waals surface area contributed by atoms with Crippen molar-refractivity contribution in [2.45, 2.75) is 6.92 Å². The minimum atomic E-state index is -0.947. The van der Waals surface area contributed by atoms with Crippen LogP contribution in [0.25, 0.3) is 0 Å². The lowest BCUT2D eigenvalue weighted by Gasteiger charge is -2.06. The van der Waals surface area contributed by atoms with E-state index >= 15 is 0 Å². The summed E-state index contributed by atoms with van der Waals surface area (Å²) in [4.78, 5) is 33.5. The molecule has 26 heavy (non-hydrogen) atoms. The van der Waals surface area contributed by atoms with Crippen molar-refractivity contribution in [3.63, 3.8) is 0 Å². The van der Waals surface area contributed by atoms with Crippen molar-refractivity contribution in [2.24, 2.45) is 5.10 Å². The number of hydrogen-bond donors (Lipinski definition) is 2. The molecule has 134 valence electrons. The summed E-state index contributed by atoms with van der Waals surface area (Å²) in [5.74, 6) is -1.17. The zero-order chi connectivity index (χ0) is 18.9. The van der Waals surface area contributed by atoms with Gasteiger partial charge in [0.25, 0.3) is 5.69 Å². The molecule has 0 fully saturated rings. The second-order valence-electron chi connectivity index (χ2n) is 4.96. The average Bonchev–Trinajstić information content (AvgIpc) is 2.64. The van der Waals surface area contributed by atoms with Crippen LogP contribution in [-0.4, -0.2) is 29.6 Å². The lowest BCUT2D eigenvalue weighted by molar-refractivity contribution is -0.384. The number of rotatable bonds is 6. The molecule has 0 spiro atoms. The quantitative estimate of drug-likeness (QED) is 0.355. The van der Waals surface area contributed by atoms with Crippen LogP contribution in [0.5, 0.6) is 5.75 Å². The molecule has 2 rings (SSSR count). The first kappa shape index (κ1) is 18.6. The Bertz CT molecular complexity index is 816. The predicted octanol–water partition coefficient (Wildman–Crippen LogP) is 2.08. The number of amides is 2. The number of carbonyl (C=O) groups is 2. The van der Waals surface area contributed by atoms with Gasteiger partial charge in [-0.05, 0) is 48.9 Å². The van der Waals surface area contributed by atoms with Crippen LogP contribution in [0.3, 0.4) is 0 Å². The number of hydrogen-bond acceptors (Lipinski definition) is 6. The minimum Gasteiger partial charge on any atom is -0.494 e. The van der Waals surface area contributed by atoms with Crippen LogP contribution in [0, 0.1) is 10.1 Å². The molecule has 2 amide bonds. The maximum Gasteiger partial charge on any atom is 0.329 e. The van der Waals surface area contributed by atoms with E-state index in [0.717, 1.165) is 0 Å². The zero-order valence-corrected chi connectivity index (χ0v) is 13.8. The number of nitro benzene ring substituents is 1. The van der Waals surface area contributed by atoms with E-state index in [-0.39, 0.29) is 5.69 Å². The summed E-state index contributed by atoms with van der Waals surface area (Å²) in [7, 11) is 0. The molecule has 9 heteroatoms. The van der Waals surface area contributed by atoms with Gasteiger partial charge in [0, 0.05) is 17.8 Å². The van der Waals surface area contributed by atoms with E-state index in [9.17, 15) is 19.7 Å². The van der Waals surface area contributed by atoms with Crippen molar-refractivity contribution in [2.75, 3.05) is 11.9 Å². The first-order valence-corrected chi connectivity index (χ1v) is 7.61. The van der Waals surface area contributed by atoms with Gasteiger partial charge in [-0.1, -0.05) is 0 Å². The molecule has 0 radical (unpaired) electrons. The smallest absolute Gasteiger partial charge is 0.329 e. The third-order valence-electron chi connectivity index (χ3n) is 3.11. The molecular weight excluding hydrogens is 340 g/mol. The van der Waals surface area contributed by atoms with Gasteiger partial charge in [-0.2, -0.15) is 5.10 Å². The molecule has 0 aliphatic rings. The van der Waals surface area contributed by atoms with Crippen LogP contribution in [-0.2, 0) is 9.59 Å². The van der Waals surface area contributed by atoms with E-state index in [2.05, 4.69) is 15.8 Å². The number of hydrazone groups is 1. The second kappa shape index (κ2) is 8.92. The molecule has 0 aliphatic carbocycles. The second-order valence-corrected chi connectivity index (χ2v) is 4.96. The number of nitrogens with one attached hydrogen (secondary N) is 2. The van der Waals surface area contributed by atoms with Crippen LogP contribution in [0.15, 0.2) is 53.6 Å². The van der Waals surface area contributed by atoms with Crippen LogP contribution in [0.2, 0.25) is 0 Å². The Kier molecular flexibility index (Phi) is 6.38. The molecule has 0 aromatic heterocycles. The van der Waals surface area contributed by atoms with Crippen molar-refractivity contribution in [1.82, 2.24) is 5.43 Å². The molecule has 0 unspecified atom stereocenters. The van der Waals surface area contributed by atoms with Crippen molar-refractivity contribution in [1.29, 1.82) is 0 Å². The topological polar surface area (TPSA) is 123 Å². The molecule has 0 bridgehead atoms. The lowest BCUT2D eigenvalue weighted by Crippen LogP contribution is -2.32. The summed E-state index contributed by atoms with van der Waals surface area (Å²) in [6.07, 6.45) is 1.27. The van der Waals surface area contributed by atoms with Gasteiger partial charge >= 0.3 is 11.8 Å². The van der Waals surface area contributed by atoms with Crippen LogP contribution >= 0.6 is 0 Å². The summed E-state index contributed by atoms with van der Waals surface area (Å²) in [6.45, 7) is 2.39. The summed E-state index contributed by atoms with van der Waals surface area (Å²) in [5, 5.41) is 16.6. The number of anilines is 1. The van der Waals surface area contributed by atoms with E-state index in [1.807, 2.05) is 6.92 Å². The molecule has 9 nitrogen and oxygen atoms in total. The highest BCUT2D eigenvalue weighted by Gasteiger charge is 2.12. The van der Waals surface area contributed by atoms with E-state index in [4.69, 9.17) is 4.74 Å². The molecule has 2 aromatic rings. The summed E-state index contributed by atoms with van der Waals surface area (Å²) >= 11 is 0. The van der Waals surface area contributed by atoms with Gasteiger partial charge in [-0.3, -0.25) is 19.7 Å². The molecule has 2 N–H and O–H groups in total. The SMILES string of the molecule is CCOc1ccc(NC(=O)C(=O)NN=Cc2ccc([N+](=O)[O-])cc2)cc1. The Hall–Kier alpha value is -3.75.